The molecule has 8 heteroatoms. The SMILES string of the molecule is CNC(=O)c1cn(C2CCCCC2)cc(C(=O)N2CCCOc3c(cccc3OC)C2)c1=O. The van der Waals surface area contributed by atoms with Crippen molar-refractivity contribution in [1.29, 1.82) is 0 Å². The van der Waals surface area contributed by atoms with E-state index in [2.05, 4.69) is 5.32 Å². The smallest absolute Gasteiger partial charge is 0.259 e. The van der Waals surface area contributed by atoms with Crippen molar-refractivity contribution in [2.75, 3.05) is 27.3 Å². The number of para-hydroxylation sites is 1. The topological polar surface area (TPSA) is 89.9 Å². The van der Waals surface area contributed by atoms with Crippen LogP contribution >= 0.6 is 0 Å². The Morgan fingerprint density at radius 2 is 1.85 bits per heavy atom. The summed E-state index contributed by atoms with van der Waals surface area (Å²) >= 11 is 0. The molecule has 0 unspecified atom stereocenters. The number of methoxy groups -OCH3 is 1. The monoisotopic (exact) mass is 453 g/mol. The molecule has 2 heterocycles. The van der Waals surface area contributed by atoms with Crippen molar-refractivity contribution in [3.05, 3.63) is 57.5 Å². The molecule has 2 aromatic rings. The molecule has 1 N–H and O–H groups in total. The number of nitrogens with zero attached hydrogens (tertiary/aromatic N) is 2. The van der Waals surface area contributed by atoms with Gasteiger partial charge in [0.1, 0.15) is 11.1 Å². The molecule has 0 bridgehead atoms. The number of pyridine rings is 1. The molecular formula is C25H31N3O5. The second-order valence-electron chi connectivity index (χ2n) is 8.61. The number of fused-ring (bicyclic) bond motifs is 1. The molecule has 4 rings (SSSR count). The molecule has 0 atom stereocenters. The summed E-state index contributed by atoms with van der Waals surface area (Å²) in [6.07, 6.45) is 9.19. The van der Waals surface area contributed by atoms with Crippen molar-refractivity contribution in [2.45, 2.75) is 51.1 Å². The molecule has 33 heavy (non-hydrogen) atoms. The van der Waals surface area contributed by atoms with Crippen molar-refractivity contribution < 1.29 is 19.1 Å². The van der Waals surface area contributed by atoms with Crippen LogP contribution in [-0.2, 0) is 6.54 Å². The molecule has 1 aliphatic carbocycles. The van der Waals surface area contributed by atoms with Crippen LogP contribution in [0.15, 0.2) is 35.4 Å². The highest BCUT2D eigenvalue weighted by molar-refractivity contribution is 5.99. The van der Waals surface area contributed by atoms with Crippen LogP contribution in [0.3, 0.4) is 0 Å². The van der Waals surface area contributed by atoms with E-state index >= 15 is 0 Å². The quantitative estimate of drug-likeness (QED) is 0.768. The van der Waals surface area contributed by atoms with Gasteiger partial charge in [0, 0.05) is 44.1 Å². The van der Waals surface area contributed by atoms with Gasteiger partial charge in [-0.3, -0.25) is 14.4 Å². The number of carbonyl (C=O) groups excluding carboxylic acids is 2. The van der Waals surface area contributed by atoms with Crippen LogP contribution in [0.25, 0.3) is 0 Å². The molecule has 2 aliphatic rings. The number of aromatic nitrogens is 1. The normalized spacial score (nSPS) is 16.7. The fraction of sp³-hybridized carbons (Fsp3) is 0.480. The predicted octanol–water partition coefficient (Wildman–Crippen LogP) is 3.15. The third-order valence-corrected chi connectivity index (χ3v) is 6.49. The molecule has 2 amide bonds. The third-order valence-electron chi connectivity index (χ3n) is 6.49. The van der Waals surface area contributed by atoms with E-state index in [1.165, 1.54) is 13.5 Å². The van der Waals surface area contributed by atoms with Crippen LogP contribution in [0.1, 0.15) is 70.8 Å². The number of nitrogens with one attached hydrogen (secondary N) is 1. The van der Waals surface area contributed by atoms with Crippen LogP contribution in [0.4, 0.5) is 0 Å². The summed E-state index contributed by atoms with van der Waals surface area (Å²) in [6.45, 7) is 1.17. The lowest BCUT2D eigenvalue weighted by atomic mass is 9.95. The molecule has 1 saturated carbocycles. The molecular weight excluding hydrogens is 422 g/mol. The fourth-order valence-electron chi connectivity index (χ4n) is 4.70. The Morgan fingerprint density at radius 1 is 1.09 bits per heavy atom. The average Bonchev–Trinajstić information content (AvgIpc) is 2.84. The van der Waals surface area contributed by atoms with Gasteiger partial charge in [-0.25, -0.2) is 0 Å². The van der Waals surface area contributed by atoms with Crippen LogP contribution in [-0.4, -0.2) is 48.6 Å². The first-order valence-corrected chi connectivity index (χ1v) is 11.6. The summed E-state index contributed by atoms with van der Waals surface area (Å²) in [7, 11) is 3.07. The molecule has 1 aromatic carbocycles. The summed E-state index contributed by atoms with van der Waals surface area (Å²) in [5, 5.41) is 2.53. The van der Waals surface area contributed by atoms with Gasteiger partial charge in [0.25, 0.3) is 11.8 Å². The first-order chi connectivity index (χ1) is 16.0. The lowest BCUT2D eigenvalue weighted by molar-refractivity contribution is 0.0718. The summed E-state index contributed by atoms with van der Waals surface area (Å²) in [5.41, 5.74) is 0.326. The van der Waals surface area contributed by atoms with E-state index in [9.17, 15) is 14.4 Å². The zero-order valence-corrected chi connectivity index (χ0v) is 19.3. The fourth-order valence-corrected chi connectivity index (χ4v) is 4.70. The van der Waals surface area contributed by atoms with Crippen molar-refractivity contribution in [3.63, 3.8) is 0 Å². The van der Waals surface area contributed by atoms with Gasteiger partial charge in [0.15, 0.2) is 11.5 Å². The summed E-state index contributed by atoms with van der Waals surface area (Å²) < 4.78 is 13.2. The summed E-state index contributed by atoms with van der Waals surface area (Å²) in [4.78, 5) is 41.0. The zero-order valence-electron chi connectivity index (χ0n) is 19.3. The first-order valence-electron chi connectivity index (χ1n) is 11.6. The van der Waals surface area contributed by atoms with E-state index in [1.807, 2.05) is 22.8 Å². The van der Waals surface area contributed by atoms with Crippen molar-refractivity contribution in [3.8, 4) is 11.5 Å². The van der Waals surface area contributed by atoms with Gasteiger partial charge in [-0.1, -0.05) is 31.4 Å². The molecule has 176 valence electrons. The zero-order chi connectivity index (χ0) is 23.4. The molecule has 0 spiro atoms. The predicted molar refractivity (Wildman–Crippen MR) is 124 cm³/mol. The van der Waals surface area contributed by atoms with Gasteiger partial charge in [-0.05, 0) is 25.3 Å². The number of hydrogen-bond donors (Lipinski definition) is 1. The Labute approximate surface area is 193 Å². The summed E-state index contributed by atoms with van der Waals surface area (Å²) in [6, 6.07) is 5.75. The van der Waals surface area contributed by atoms with Crippen LogP contribution in [0, 0.1) is 0 Å². The van der Waals surface area contributed by atoms with E-state index < -0.39 is 11.3 Å². The Balaban J connectivity index is 1.73. The van der Waals surface area contributed by atoms with Crippen LogP contribution < -0.4 is 20.2 Å². The van der Waals surface area contributed by atoms with E-state index in [0.29, 0.717) is 37.6 Å². The highest BCUT2D eigenvalue weighted by Crippen LogP contribution is 2.33. The van der Waals surface area contributed by atoms with Crippen LogP contribution in [0.5, 0.6) is 11.5 Å². The number of carbonyl (C=O) groups is 2. The molecule has 0 saturated heterocycles. The second kappa shape index (κ2) is 10.1. The van der Waals surface area contributed by atoms with Gasteiger partial charge in [0.05, 0.1) is 13.7 Å². The molecule has 1 aliphatic heterocycles. The molecule has 1 fully saturated rings. The van der Waals surface area contributed by atoms with Gasteiger partial charge in [-0.15, -0.1) is 0 Å². The van der Waals surface area contributed by atoms with Crippen LogP contribution in [0.2, 0.25) is 0 Å². The van der Waals surface area contributed by atoms with Crippen molar-refractivity contribution in [2.24, 2.45) is 0 Å². The third kappa shape index (κ3) is 4.74. The number of benzene rings is 1. The number of hydrogen-bond acceptors (Lipinski definition) is 5. The first kappa shape index (κ1) is 22.9. The number of ether oxygens (including phenoxy) is 2. The van der Waals surface area contributed by atoms with E-state index in [0.717, 1.165) is 31.2 Å². The Bertz CT molecular complexity index is 1090. The number of amides is 2. The van der Waals surface area contributed by atoms with Gasteiger partial charge < -0.3 is 24.3 Å². The van der Waals surface area contributed by atoms with Gasteiger partial charge in [-0.2, -0.15) is 0 Å². The minimum absolute atomic E-state index is 0.00590. The minimum Gasteiger partial charge on any atom is -0.493 e. The number of rotatable bonds is 4. The van der Waals surface area contributed by atoms with Gasteiger partial charge in [0.2, 0.25) is 5.43 Å². The highest BCUT2D eigenvalue weighted by Gasteiger charge is 2.27. The maximum Gasteiger partial charge on any atom is 0.259 e. The maximum absolute atomic E-state index is 13.7. The average molecular weight is 454 g/mol. The van der Waals surface area contributed by atoms with Crippen molar-refractivity contribution >= 4 is 11.8 Å². The highest BCUT2D eigenvalue weighted by atomic mass is 16.5. The molecule has 1 aromatic heterocycles. The second-order valence-corrected chi connectivity index (χ2v) is 8.61. The van der Waals surface area contributed by atoms with Gasteiger partial charge >= 0.3 is 0 Å². The van der Waals surface area contributed by atoms with Crippen molar-refractivity contribution in [1.82, 2.24) is 14.8 Å². The van der Waals surface area contributed by atoms with E-state index in [1.54, 1.807) is 24.4 Å². The lowest BCUT2D eigenvalue weighted by Crippen LogP contribution is -2.39. The Kier molecular flexibility index (Phi) is 7.01. The molecule has 8 nitrogen and oxygen atoms in total. The maximum atomic E-state index is 13.7. The molecule has 0 radical (unpaired) electrons. The Hall–Kier alpha value is -3.29. The standard InChI is InChI=1S/C25H31N3O5/c1-26-24(30)19-15-28(18-9-4-3-5-10-18)16-20(22(19)29)25(31)27-12-7-13-33-23-17(14-27)8-6-11-21(23)32-2/h6,8,11,15-16,18H,3-5,7,9-10,12-14H2,1-2H3,(H,26,30). The van der Waals surface area contributed by atoms with E-state index in [4.69, 9.17) is 9.47 Å². The summed E-state index contributed by atoms with van der Waals surface area (Å²) in [5.74, 6) is 0.389. The van der Waals surface area contributed by atoms with E-state index in [-0.39, 0.29) is 23.1 Å². The largest absolute Gasteiger partial charge is 0.493 e. The minimum atomic E-state index is -0.532. The lowest BCUT2D eigenvalue weighted by Gasteiger charge is -2.29. The Morgan fingerprint density at radius 3 is 2.58 bits per heavy atom.